The third kappa shape index (κ3) is 11.0. The number of nitrogens with zero attached hydrogens (tertiary/aromatic N) is 1. The summed E-state index contributed by atoms with van der Waals surface area (Å²) >= 11 is 0. The molecule has 0 saturated carbocycles. The van der Waals surface area contributed by atoms with Crippen molar-refractivity contribution in [3.05, 3.63) is 29.8 Å². The number of aliphatic hydroxyl groups excluding tert-OH is 1. The minimum absolute atomic E-state index is 0.0157. The lowest BCUT2D eigenvalue weighted by Gasteiger charge is -2.26. The zero-order valence-corrected chi connectivity index (χ0v) is 21.6. The van der Waals surface area contributed by atoms with Crippen molar-refractivity contribution < 1.29 is 34.5 Å². The summed E-state index contributed by atoms with van der Waals surface area (Å²) < 4.78 is 0. The lowest BCUT2D eigenvalue weighted by Crippen LogP contribution is -2.58. The Morgan fingerprint density at radius 3 is 2.03 bits per heavy atom. The number of hydrogen-bond acceptors (Lipinski definition) is 8. The summed E-state index contributed by atoms with van der Waals surface area (Å²) in [7, 11) is 0. The van der Waals surface area contributed by atoms with E-state index >= 15 is 0 Å². The van der Waals surface area contributed by atoms with Crippen molar-refractivity contribution in [2.45, 2.75) is 63.7 Å². The van der Waals surface area contributed by atoms with Gasteiger partial charge >= 0.3 is 5.97 Å². The number of guanidine groups is 1. The normalized spacial score (nSPS) is 14.7. The Morgan fingerprint density at radius 2 is 1.50 bits per heavy atom. The van der Waals surface area contributed by atoms with Crippen LogP contribution in [0.2, 0.25) is 0 Å². The van der Waals surface area contributed by atoms with Crippen molar-refractivity contribution in [3.8, 4) is 5.75 Å². The third-order valence-electron chi connectivity index (χ3n) is 5.94. The minimum Gasteiger partial charge on any atom is -0.508 e. The van der Waals surface area contributed by atoms with Gasteiger partial charge in [0, 0.05) is 13.0 Å². The summed E-state index contributed by atoms with van der Waals surface area (Å²) in [4.78, 5) is 54.0. The molecule has 0 aromatic heterocycles. The number of carboxylic acids is 1. The molecular weight excluding hydrogens is 498 g/mol. The molecule has 1 rings (SSSR count). The molecule has 14 heteroatoms. The van der Waals surface area contributed by atoms with Gasteiger partial charge in [0.15, 0.2) is 5.96 Å². The van der Waals surface area contributed by atoms with E-state index in [1.165, 1.54) is 12.1 Å². The highest BCUT2D eigenvalue weighted by Gasteiger charge is 2.31. The van der Waals surface area contributed by atoms with Gasteiger partial charge in [0.1, 0.15) is 23.9 Å². The first kappa shape index (κ1) is 32.1. The molecule has 14 nitrogen and oxygen atoms in total. The van der Waals surface area contributed by atoms with Crippen molar-refractivity contribution in [3.63, 3.8) is 0 Å². The molecule has 38 heavy (non-hydrogen) atoms. The van der Waals surface area contributed by atoms with E-state index in [1.54, 1.807) is 19.1 Å². The Labute approximate surface area is 221 Å². The first-order chi connectivity index (χ1) is 17.9. The van der Waals surface area contributed by atoms with E-state index in [0.29, 0.717) is 12.0 Å². The van der Waals surface area contributed by atoms with E-state index in [2.05, 4.69) is 20.9 Å². The van der Waals surface area contributed by atoms with Crippen LogP contribution in [0.25, 0.3) is 0 Å². The second-order valence-electron chi connectivity index (χ2n) is 8.94. The Balaban J connectivity index is 3.16. The lowest BCUT2D eigenvalue weighted by atomic mass is 9.98. The van der Waals surface area contributed by atoms with E-state index < -0.39 is 54.5 Å². The van der Waals surface area contributed by atoms with Crippen molar-refractivity contribution in [1.82, 2.24) is 16.0 Å². The number of hydrogen-bond donors (Lipinski definition) is 9. The molecule has 0 aliphatic heterocycles. The molecule has 0 bridgehead atoms. The van der Waals surface area contributed by atoms with Crippen molar-refractivity contribution >= 4 is 29.7 Å². The fourth-order valence-corrected chi connectivity index (χ4v) is 3.36. The quantitative estimate of drug-likeness (QED) is 0.0630. The van der Waals surface area contributed by atoms with Crippen LogP contribution in [0.3, 0.4) is 0 Å². The topological polar surface area (TPSA) is 255 Å². The summed E-state index contributed by atoms with van der Waals surface area (Å²) in [5.74, 6) is -3.88. The number of amides is 3. The second-order valence-corrected chi connectivity index (χ2v) is 8.94. The minimum atomic E-state index is -1.58. The molecule has 0 radical (unpaired) electrons. The number of carboxylic acid groups (broad SMARTS) is 1. The summed E-state index contributed by atoms with van der Waals surface area (Å²) in [6.07, 6.45) is 0.929. The van der Waals surface area contributed by atoms with E-state index in [4.69, 9.17) is 22.3 Å². The molecular formula is C24H39N7O7. The number of rotatable bonds is 16. The van der Waals surface area contributed by atoms with Gasteiger partial charge in [-0.05, 0) is 36.5 Å². The number of nitrogens with two attached hydrogens (primary N) is 3. The van der Waals surface area contributed by atoms with E-state index in [-0.39, 0.29) is 43.4 Å². The van der Waals surface area contributed by atoms with Gasteiger partial charge in [-0.1, -0.05) is 32.4 Å². The molecule has 0 spiro atoms. The maximum atomic E-state index is 13.3. The Hall–Kier alpha value is -3.91. The third-order valence-corrected chi connectivity index (χ3v) is 5.94. The van der Waals surface area contributed by atoms with Crippen LogP contribution in [-0.2, 0) is 25.6 Å². The molecule has 12 N–H and O–H groups in total. The number of aliphatic carboxylic acids is 1. The summed E-state index contributed by atoms with van der Waals surface area (Å²) in [5, 5.41) is 35.3. The number of nitrogens with one attached hydrogen (secondary N) is 3. The van der Waals surface area contributed by atoms with Gasteiger partial charge in [0.05, 0.1) is 12.6 Å². The molecule has 212 valence electrons. The molecule has 0 heterocycles. The first-order valence-electron chi connectivity index (χ1n) is 12.2. The Kier molecular flexibility index (Phi) is 13.6. The van der Waals surface area contributed by atoms with Crippen LogP contribution in [0.15, 0.2) is 29.3 Å². The highest BCUT2D eigenvalue weighted by atomic mass is 16.4. The van der Waals surface area contributed by atoms with Gasteiger partial charge in [-0.2, -0.15) is 0 Å². The Bertz CT molecular complexity index is 967. The predicted octanol–water partition coefficient (Wildman–Crippen LogP) is -2.11. The van der Waals surface area contributed by atoms with Crippen molar-refractivity contribution in [2.75, 3.05) is 13.2 Å². The van der Waals surface area contributed by atoms with Gasteiger partial charge in [0.25, 0.3) is 0 Å². The van der Waals surface area contributed by atoms with E-state index in [0.717, 1.165) is 0 Å². The summed E-state index contributed by atoms with van der Waals surface area (Å²) in [6.45, 7) is 2.96. The molecule has 5 unspecified atom stereocenters. The van der Waals surface area contributed by atoms with Crippen LogP contribution in [0, 0.1) is 5.92 Å². The van der Waals surface area contributed by atoms with Gasteiger partial charge in [-0.15, -0.1) is 0 Å². The van der Waals surface area contributed by atoms with E-state index in [1.807, 2.05) is 6.92 Å². The van der Waals surface area contributed by atoms with Crippen LogP contribution >= 0.6 is 0 Å². The SMILES string of the molecule is CCC(C)C(N)C(=O)NC(Cc1ccc(O)cc1)C(=O)NC(CCCN=C(N)N)C(=O)NC(CO)C(=O)O. The zero-order valence-electron chi connectivity index (χ0n) is 21.6. The number of benzene rings is 1. The van der Waals surface area contributed by atoms with Gasteiger partial charge in [-0.3, -0.25) is 19.4 Å². The average molecular weight is 538 g/mol. The van der Waals surface area contributed by atoms with Crippen LogP contribution < -0.4 is 33.2 Å². The molecule has 0 aliphatic carbocycles. The maximum absolute atomic E-state index is 13.3. The van der Waals surface area contributed by atoms with Crippen LogP contribution in [-0.4, -0.2) is 82.3 Å². The highest BCUT2D eigenvalue weighted by molar-refractivity contribution is 5.94. The summed E-state index contributed by atoms with van der Waals surface area (Å²) in [6, 6.07) is 1.17. The number of carbonyl (C=O) groups is 4. The lowest BCUT2D eigenvalue weighted by molar-refractivity contribution is -0.143. The van der Waals surface area contributed by atoms with Crippen molar-refractivity contribution in [1.29, 1.82) is 0 Å². The summed E-state index contributed by atoms with van der Waals surface area (Å²) in [5.41, 5.74) is 17.3. The van der Waals surface area contributed by atoms with Crippen molar-refractivity contribution in [2.24, 2.45) is 28.1 Å². The highest BCUT2D eigenvalue weighted by Crippen LogP contribution is 2.13. The fraction of sp³-hybridized carbons (Fsp3) is 0.542. The Morgan fingerprint density at radius 1 is 0.947 bits per heavy atom. The molecule has 0 aliphatic rings. The number of phenolic OH excluding ortho intramolecular Hbond substituents is 1. The maximum Gasteiger partial charge on any atom is 0.328 e. The van der Waals surface area contributed by atoms with Gasteiger partial charge in [-0.25, -0.2) is 4.79 Å². The van der Waals surface area contributed by atoms with Crippen LogP contribution in [0.4, 0.5) is 0 Å². The molecule has 0 fully saturated rings. The number of phenols is 1. The first-order valence-corrected chi connectivity index (χ1v) is 12.2. The molecule has 3 amide bonds. The number of carbonyl (C=O) groups excluding carboxylic acids is 3. The number of aromatic hydroxyl groups is 1. The number of aliphatic hydroxyl groups is 1. The molecule has 1 aromatic rings. The predicted molar refractivity (Wildman–Crippen MR) is 140 cm³/mol. The van der Waals surface area contributed by atoms with Crippen LogP contribution in [0.5, 0.6) is 5.75 Å². The fourth-order valence-electron chi connectivity index (χ4n) is 3.36. The van der Waals surface area contributed by atoms with Gasteiger partial charge in [0.2, 0.25) is 17.7 Å². The smallest absolute Gasteiger partial charge is 0.328 e. The molecule has 1 aromatic carbocycles. The monoisotopic (exact) mass is 537 g/mol. The number of aliphatic imine (C=N–C) groups is 1. The largest absolute Gasteiger partial charge is 0.508 e. The van der Waals surface area contributed by atoms with E-state index in [9.17, 15) is 29.4 Å². The standard InChI is InChI=1S/C24H39N7O7/c1-3-13(2)19(25)22(36)30-17(11-14-6-8-15(33)9-7-14)21(35)29-16(5-4-10-28-24(26)27)20(34)31-18(12-32)23(37)38/h6-9,13,16-19,32-33H,3-5,10-12,25H2,1-2H3,(H,29,35)(H,30,36)(H,31,34)(H,37,38)(H4,26,27,28). The second kappa shape index (κ2) is 16.0. The average Bonchev–Trinajstić information content (AvgIpc) is 2.88. The zero-order chi connectivity index (χ0) is 28.8. The van der Waals surface area contributed by atoms with Gasteiger partial charge < -0.3 is 48.5 Å². The molecule has 0 saturated heterocycles. The molecule has 5 atom stereocenters. The van der Waals surface area contributed by atoms with Crippen LogP contribution in [0.1, 0.15) is 38.7 Å².